The van der Waals surface area contributed by atoms with E-state index in [0.717, 1.165) is 13.1 Å². The lowest BCUT2D eigenvalue weighted by Crippen LogP contribution is -2.59. The fraction of sp³-hybridized carbons (Fsp3) is 0.750. The van der Waals surface area contributed by atoms with Crippen LogP contribution in [0.4, 0.5) is 0 Å². The van der Waals surface area contributed by atoms with Crippen molar-refractivity contribution in [3.63, 3.8) is 0 Å². The Labute approximate surface area is 98.1 Å². The van der Waals surface area contributed by atoms with E-state index in [1.807, 2.05) is 4.90 Å². The predicted octanol–water partition coefficient (Wildman–Crippen LogP) is 0.441. The number of carbonyl (C=O) groups excluding carboxylic acids is 1. The monoisotopic (exact) mass is 225 g/mol. The maximum atomic E-state index is 12.0. The fourth-order valence-corrected chi connectivity index (χ4v) is 2.10. The zero-order valence-electron chi connectivity index (χ0n) is 10.5. The van der Waals surface area contributed by atoms with E-state index >= 15 is 0 Å². The number of rotatable bonds is 3. The summed E-state index contributed by atoms with van der Waals surface area (Å²) in [4.78, 5) is 16.2. The van der Waals surface area contributed by atoms with Gasteiger partial charge in [0, 0.05) is 25.2 Å². The highest BCUT2D eigenvalue weighted by molar-refractivity contribution is 5.82. The molecule has 1 rings (SSSR count). The topological polar surface area (TPSA) is 49.6 Å². The van der Waals surface area contributed by atoms with E-state index in [4.69, 9.17) is 5.73 Å². The molecule has 0 saturated carbocycles. The van der Waals surface area contributed by atoms with Gasteiger partial charge in [-0.25, -0.2) is 0 Å². The Morgan fingerprint density at radius 1 is 1.50 bits per heavy atom. The minimum atomic E-state index is -0.430. The quantitative estimate of drug-likeness (QED) is 0.709. The first kappa shape index (κ1) is 13.2. The van der Waals surface area contributed by atoms with Crippen LogP contribution in [0.5, 0.6) is 0 Å². The second-order valence-corrected chi connectivity index (χ2v) is 4.74. The molecule has 3 atom stereocenters. The van der Waals surface area contributed by atoms with Crippen LogP contribution >= 0.6 is 0 Å². The molecule has 3 unspecified atom stereocenters. The van der Waals surface area contributed by atoms with E-state index in [0.29, 0.717) is 18.5 Å². The van der Waals surface area contributed by atoms with Crippen LogP contribution in [0.1, 0.15) is 20.3 Å². The van der Waals surface area contributed by atoms with Gasteiger partial charge < -0.3 is 10.6 Å². The molecule has 0 aromatic rings. The Bertz CT molecular complexity index is 255. The van der Waals surface area contributed by atoms with Gasteiger partial charge in [0.2, 0.25) is 5.91 Å². The third kappa shape index (κ3) is 2.83. The summed E-state index contributed by atoms with van der Waals surface area (Å²) in [7, 11) is 2.10. The van der Waals surface area contributed by atoms with Crippen LogP contribution in [0.15, 0.2) is 12.7 Å². The fourth-order valence-electron chi connectivity index (χ4n) is 2.10. The Kier molecular flexibility index (Phi) is 4.50. The summed E-state index contributed by atoms with van der Waals surface area (Å²) in [5, 5.41) is 0. The number of hydrogen-bond acceptors (Lipinski definition) is 3. The van der Waals surface area contributed by atoms with Crippen LogP contribution in [0, 0.1) is 0 Å². The van der Waals surface area contributed by atoms with Gasteiger partial charge in [0.05, 0.1) is 6.04 Å². The second-order valence-electron chi connectivity index (χ2n) is 4.74. The van der Waals surface area contributed by atoms with Gasteiger partial charge in [-0.15, -0.1) is 6.58 Å². The minimum absolute atomic E-state index is 0.0479. The lowest BCUT2D eigenvalue weighted by molar-refractivity contribution is -0.136. The molecule has 0 aromatic heterocycles. The number of likely N-dealkylation sites (N-methyl/N-ethyl adjacent to an activating group) is 1. The van der Waals surface area contributed by atoms with Crippen LogP contribution in [0.25, 0.3) is 0 Å². The molecule has 1 amide bonds. The lowest BCUT2D eigenvalue weighted by Gasteiger charge is -2.43. The molecule has 4 nitrogen and oxygen atoms in total. The summed E-state index contributed by atoms with van der Waals surface area (Å²) in [6.07, 6.45) is 2.25. The highest BCUT2D eigenvalue weighted by Crippen LogP contribution is 2.14. The molecule has 92 valence electrons. The van der Waals surface area contributed by atoms with Crippen molar-refractivity contribution in [1.82, 2.24) is 9.80 Å². The molecular weight excluding hydrogens is 202 g/mol. The van der Waals surface area contributed by atoms with Crippen molar-refractivity contribution in [2.24, 2.45) is 5.73 Å². The molecule has 2 N–H and O–H groups in total. The first-order chi connectivity index (χ1) is 7.47. The summed E-state index contributed by atoms with van der Waals surface area (Å²) in [5.74, 6) is 0.0479. The Balaban J connectivity index is 2.61. The molecule has 0 aromatic carbocycles. The molecule has 0 bridgehead atoms. The van der Waals surface area contributed by atoms with Crippen molar-refractivity contribution >= 4 is 5.91 Å². The number of carbonyl (C=O) groups is 1. The van der Waals surface area contributed by atoms with Gasteiger partial charge in [-0.1, -0.05) is 6.08 Å². The van der Waals surface area contributed by atoms with E-state index in [1.54, 1.807) is 6.08 Å². The second kappa shape index (κ2) is 5.46. The van der Waals surface area contributed by atoms with Crippen molar-refractivity contribution in [2.45, 2.75) is 38.4 Å². The minimum Gasteiger partial charge on any atom is -0.338 e. The van der Waals surface area contributed by atoms with Gasteiger partial charge in [-0.2, -0.15) is 0 Å². The third-order valence-corrected chi connectivity index (χ3v) is 3.41. The third-order valence-electron chi connectivity index (χ3n) is 3.41. The molecule has 0 radical (unpaired) electrons. The van der Waals surface area contributed by atoms with E-state index < -0.39 is 6.04 Å². The number of nitrogens with two attached hydrogens (primary N) is 1. The number of nitrogens with zero attached hydrogens (tertiary/aromatic N) is 2. The Hall–Kier alpha value is -0.870. The molecule has 4 heteroatoms. The van der Waals surface area contributed by atoms with Gasteiger partial charge in [0.15, 0.2) is 0 Å². The summed E-state index contributed by atoms with van der Waals surface area (Å²) < 4.78 is 0. The van der Waals surface area contributed by atoms with Gasteiger partial charge >= 0.3 is 0 Å². The van der Waals surface area contributed by atoms with Crippen molar-refractivity contribution in [3.8, 4) is 0 Å². The Morgan fingerprint density at radius 3 is 2.44 bits per heavy atom. The van der Waals surface area contributed by atoms with Gasteiger partial charge in [-0.05, 0) is 27.3 Å². The summed E-state index contributed by atoms with van der Waals surface area (Å²) in [6.45, 7) is 9.42. The van der Waals surface area contributed by atoms with Crippen LogP contribution in [-0.4, -0.2) is 54.0 Å². The van der Waals surface area contributed by atoms with Crippen LogP contribution in [0.2, 0.25) is 0 Å². The van der Waals surface area contributed by atoms with Crippen LogP contribution in [0.3, 0.4) is 0 Å². The molecule has 1 aliphatic rings. The summed E-state index contributed by atoms with van der Waals surface area (Å²) in [6, 6.07) is 0.354. The largest absolute Gasteiger partial charge is 0.338 e. The average molecular weight is 225 g/mol. The predicted molar refractivity (Wildman–Crippen MR) is 66.1 cm³/mol. The van der Waals surface area contributed by atoms with Gasteiger partial charge in [0.1, 0.15) is 0 Å². The molecule has 1 heterocycles. The first-order valence-electron chi connectivity index (χ1n) is 5.84. The SMILES string of the molecule is C=CCC(N)C(=O)N1CC(C)N(C)C(C)C1. The molecular formula is C12H23N3O. The highest BCUT2D eigenvalue weighted by atomic mass is 16.2. The van der Waals surface area contributed by atoms with E-state index in [1.165, 1.54) is 0 Å². The number of amides is 1. The standard InChI is InChI=1S/C12H23N3O/c1-5-6-11(13)12(16)15-7-9(2)14(4)10(3)8-15/h5,9-11H,1,6-8,13H2,2-4H3. The number of hydrogen-bond donors (Lipinski definition) is 1. The zero-order chi connectivity index (χ0) is 12.3. The summed E-state index contributed by atoms with van der Waals surface area (Å²) in [5.41, 5.74) is 5.81. The molecule has 0 spiro atoms. The normalized spacial score (nSPS) is 28.9. The average Bonchev–Trinajstić information content (AvgIpc) is 2.24. The lowest BCUT2D eigenvalue weighted by atomic mass is 10.1. The number of piperazine rings is 1. The zero-order valence-corrected chi connectivity index (χ0v) is 10.5. The molecule has 1 fully saturated rings. The molecule has 16 heavy (non-hydrogen) atoms. The van der Waals surface area contributed by atoms with Crippen LogP contribution < -0.4 is 5.73 Å². The van der Waals surface area contributed by atoms with E-state index in [9.17, 15) is 4.79 Å². The maximum absolute atomic E-state index is 12.0. The molecule has 1 saturated heterocycles. The van der Waals surface area contributed by atoms with E-state index in [2.05, 4.69) is 32.4 Å². The van der Waals surface area contributed by atoms with Crippen molar-refractivity contribution in [3.05, 3.63) is 12.7 Å². The smallest absolute Gasteiger partial charge is 0.239 e. The van der Waals surface area contributed by atoms with Gasteiger partial charge in [0.25, 0.3) is 0 Å². The van der Waals surface area contributed by atoms with E-state index in [-0.39, 0.29) is 5.91 Å². The van der Waals surface area contributed by atoms with Crippen LogP contribution in [-0.2, 0) is 4.79 Å². The Morgan fingerprint density at radius 2 is 2.00 bits per heavy atom. The van der Waals surface area contributed by atoms with Crippen molar-refractivity contribution in [1.29, 1.82) is 0 Å². The maximum Gasteiger partial charge on any atom is 0.239 e. The highest BCUT2D eigenvalue weighted by Gasteiger charge is 2.30. The van der Waals surface area contributed by atoms with Crippen molar-refractivity contribution < 1.29 is 4.79 Å². The summed E-state index contributed by atoms with van der Waals surface area (Å²) >= 11 is 0. The molecule has 0 aliphatic carbocycles. The first-order valence-corrected chi connectivity index (χ1v) is 5.84. The van der Waals surface area contributed by atoms with Gasteiger partial charge in [-0.3, -0.25) is 9.69 Å². The van der Waals surface area contributed by atoms with Crippen molar-refractivity contribution in [2.75, 3.05) is 20.1 Å². The molecule has 1 aliphatic heterocycles.